The van der Waals surface area contributed by atoms with E-state index in [0.717, 1.165) is 21.3 Å². The van der Waals surface area contributed by atoms with E-state index in [1.807, 2.05) is 0 Å². The van der Waals surface area contributed by atoms with E-state index in [-0.39, 0.29) is 0 Å². The molecule has 0 heterocycles. The number of rotatable bonds is 18. The number of hydrogen-bond donors (Lipinski definition) is 0. The first-order valence-corrected chi connectivity index (χ1v) is 12.5. The zero-order valence-corrected chi connectivity index (χ0v) is 21.5. The third-order valence-electron chi connectivity index (χ3n) is 5.48. The molecule has 0 unspecified atom stereocenters. The van der Waals surface area contributed by atoms with Crippen LogP contribution in [-0.2, 0) is 18.0 Å². The molecule has 0 N–H and O–H groups in total. The van der Waals surface area contributed by atoms with Crippen LogP contribution in [0.2, 0.25) is 6.04 Å². The Bertz CT molecular complexity index is 791. The lowest BCUT2D eigenvalue weighted by Gasteiger charge is -2.42. The van der Waals surface area contributed by atoms with Gasteiger partial charge < -0.3 is 18.0 Å². The second-order valence-electron chi connectivity index (χ2n) is 8.16. The van der Waals surface area contributed by atoms with Crippen LogP contribution in [0.3, 0.4) is 0 Å². The van der Waals surface area contributed by atoms with E-state index in [1.165, 1.54) is 0 Å². The van der Waals surface area contributed by atoms with Crippen molar-refractivity contribution in [2.45, 2.75) is 86.0 Å². The zero-order chi connectivity index (χ0) is 32.3. The van der Waals surface area contributed by atoms with Gasteiger partial charge in [0.1, 0.15) is 0 Å². The van der Waals surface area contributed by atoms with Gasteiger partial charge in [0.25, 0.3) is 0 Å². The SMILES string of the molecule is CO[Si](CCOC(F)(F)C(F)(F)C(F)(F)C(F)(F)C(F)(F)C(F)(F)C(F)(F)CCCCCC(F)(F)F)(OC)OC. The minimum absolute atomic E-state index is 0.848. The predicted molar refractivity (Wildman–Crippen MR) is 101 cm³/mol. The summed E-state index contributed by atoms with van der Waals surface area (Å²) in [5.41, 5.74) is 0. The Labute approximate surface area is 216 Å². The highest BCUT2D eigenvalue weighted by Gasteiger charge is 2.93. The Morgan fingerprint density at radius 2 is 0.850 bits per heavy atom. The van der Waals surface area contributed by atoms with Crippen molar-refractivity contribution in [3.8, 4) is 0 Å². The molecule has 40 heavy (non-hydrogen) atoms. The largest absolute Gasteiger partial charge is 0.502 e. The second kappa shape index (κ2) is 12.6. The van der Waals surface area contributed by atoms with Gasteiger partial charge in [0.2, 0.25) is 0 Å². The first-order chi connectivity index (χ1) is 17.6. The maximum absolute atomic E-state index is 13.9. The third-order valence-corrected chi connectivity index (χ3v) is 8.16. The number of alkyl halides is 17. The van der Waals surface area contributed by atoms with Crippen LogP contribution in [0.25, 0.3) is 0 Å². The van der Waals surface area contributed by atoms with E-state index in [0.29, 0.717) is 0 Å². The molecule has 0 aliphatic carbocycles. The van der Waals surface area contributed by atoms with Crippen LogP contribution in [-0.4, -0.2) is 84.6 Å². The fourth-order valence-electron chi connectivity index (χ4n) is 2.96. The van der Waals surface area contributed by atoms with E-state index in [9.17, 15) is 74.6 Å². The summed E-state index contributed by atoms with van der Waals surface area (Å²) in [5, 5.41) is 0. The lowest BCUT2D eigenvalue weighted by atomic mass is 9.89. The summed E-state index contributed by atoms with van der Waals surface area (Å²) in [6, 6.07) is -1.05. The predicted octanol–water partition coefficient (Wildman–Crippen LogP) is 7.80. The fourth-order valence-corrected chi connectivity index (χ4v) is 4.43. The van der Waals surface area contributed by atoms with Gasteiger partial charge in [-0.2, -0.15) is 74.6 Å². The molecule has 22 heteroatoms. The highest BCUT2D eigenvalue weighted by molar-refractivity contribution is 6.60. The molecule has 0 spiro atoms. The topological polar surface area (TPSA) is 36.9 Å². The van der Waals surface area contributed by atoms with Crippen LogP contribution in [0.5, 0.6) is 0 Å². The molecule has 0 aromatic rings. The van der Waals surface area contributed by atoms with Crippen LogP contribution in [0, 0.1) is 0 Å². The lowest BCUT2D eigenvalue weighted by molar-refractivity contribution is -0.466. The molecule has 0 saturated heterocycles. The van der Waals surface area contributed by atoms with Crippen LogP contribution in [0.4, 0.5) is 74.6 Å². The van der Waals surface area contributed by atoms with Gasteiger partial charge in [-0.3, -0.25) is 0 Å². The molecule has 242 valence electrons. The lowest BCUT2D eigenvalue weighted by Crippen LogP contribution is -2.73. The van der Waals surface area contributed by atoms with Crippen molar-refractivity contribution in [3.63, 3.8) is 0 Å². The van der Waals surface area contributed by atoms with Crippen molar-refractivity contribution in [1.29, 1.82) is 0 Å². The Morgan fingerprint density at radius 1 is 0.475 bits per heavy atom. The summed E-state index contributed by atoms with van der Waals surface area (Å²) in [5.74, 6) is -46.3. The van der Waals surface area contributed by atoms with Crippen molar-refractivity contribution in [2.24, 2.45) is 0 Å². The Morgan fingerprint density at radius 3 is 1.25 bits per heavy atom. The molecule has 0 atom stereocenters. The molecule has 0 aliphatic rings. The fraction of sp³-hybridized carbons (Fsp3) is 1.00. The summed E-state index contributed by atoms with van der Waals surface area (Å²) in [4.78, 5) is 0. The zero-order valence-electron chi connectivity index (χ0n) is 20.5. The normalized spacial score (nSPS) is 15.6. The molecule has 0 aromatic heterocycles. The van der Waals surface area contributed by atoms with Gasteiger partial charge in [-0.05, 0) is 12.8 Å². The summed E-state index contributed by atoms with van der Waals surface area (Å²) < 4.78 is 247. The van der Waals surface area contributed by atoms with E-state index in [1.54, 1.807) is 0 Å². The average Bonchev–Trinajstić information content (AvgIpc) is 2.80. The number of hydrogen-bond acceptors (Lipinski definition) is 4. The van der Waals surface area contributed by atoms with E-state index in [4.69, 9.17) is 0 Å². The number of halogens is 17. The van der Waals surface area contributed by atoms with E-state index < -0.39 is 101 Å². The first kappa shape index (κ1) is 38.9. The minimum atomic E-state index is -8.29. The number of ether oxygens (including phenoxy) is 1. The second-order valence-corrected chi connectivity index (χ2v) is 11.3. The van der Waals surface area contributed by atoms with Crippen LogP contribution in [0.15, 0.2) is 0 Å². The summed E-state index contributed by atoms with van der Waals surface area (Å²) >= 11 is 0. The quantitative estimate of drug-likeness (QED) is 0.0860. The molecule has 0 saturated carbocycles. The molecule has 0 bridgehead atoms. The van der Waals surface area contributed by atoms with Crippen LogP contribution < -0.4 is 0 Å². The Balaban J connectivity index is 6.01. The average molecular weight is 654 g/mol. The van der Waals surface area contributed by atoms with Gasteiger partial charge >= 0.3 is 56.6 Å². The Kier molecular flexibility index (Phi) is 12.3. The number of unbranched alkanes of at least 4 members (excludes halogenated alkanes) is 2. The molecule has 4 nitrogen and oxygen atoms in total. The minimum Gasteiger partial charge on any atom is -0.377 e. The van der Waals surface area contributed by atoms with Crippen molar-refractivity contribution < 1.29 is 92.7 Å². The van der Waals surface area contributed by atoms with E-state index >= 15 is 0 Å². The van der Waals surface area contributed by atoms with Gasteiger partial charge in [0.15, 0.2) is 0 Å². The van der Waals surface area contributed by atoms with Crippen LogP contribution >= 0.6 is 0 Å². The standard InChI is InChI=1S/C18H23F17O4Si/c1-36-40(37-2,38-3)10-9-39-18(34,35)17(32,33)16(30,31)15(28,29)14(26,27)13(24,25)11(19,20)7-5-4-6-8-12(21,22)23/h4-10H2,1-3H3. The highest BCUT2D eigenvalue weighted by Crippen LogP contribution is 2.62. The molecule has 0 aromatic carbocycles. The molecular formula is C18H23F17O4Si. The van der Waals surface area contributed by atoms with Gasteiger partial charge in [0.05, 0.1) is 6.61 Å². The third kappa shape index (κ3) is 7.44. The van der Waals surface area contributed by atoms with Gasteiger partial charge in [0, 0.05) is 40.2 Å². The van der Waals surface area contributed by atoms with E-state index in [2.05, 4.69) is 18.0 Å². The monoisotopic (exact) mass is 654 g/mol. The maximum Gasteiger partial charge on any atom is 0.502 e. The summed E-state index contributed by atoms with van der Waals surface area (Å²) in [7, 11) is -1.41. The maximum atomic E-state index is 13.9. The molecule has 0 rings (SSSR count). The molecule has 0 aliphatic heterocycles. The van der Waals surface area contributed by atoms with Gasteiger partial charge in [-0.25, -0.2) is 0 Å². The highest BCUT2D eigenvalue weighted by atomic mass is 28.4. The molecule has 0 amide bonds. The van der Waals surface area contributed by atoms with Crippen molar-refractivity contribution >= 4 is 8.80 Å². The van der Waals surface area contributed by atoms with Crippen molar-refractivity contribution in [3.05, 3.63) is 0 Å². The first-order valence-electron chi connectivity index (χ1n) is 10.6. The van der Waals surface area contributed by atoms with Gasteiger partial charge in [-0.1, -0.05) is 6.42 Å². The molecule has 0 fully saturated rings. The summed E-state index contributed by atoms with van der Waals surface area (Å²) in [6.07, 6.45) is -19.4. The summed E-state index contributed by atoms with van der Waals surface area (Å²) in [6.45, 7) is -1.80. The Hall–Kier alpha value is -1.13. The smallest absolute Gasteiger partial charge is 0.377 e. The van der Waals surface area contributed by atoms with Gasteiger partial charge in [-0.15, -0.1) is 0 Å². The molecule has 0 radical (unpaired) electrons. The van der Waals surface area contributed by atoms with Crippen LogP contribution in [0.1, 0.15) is 32.1 Å². The van der Waals surface area contributed by atoms with Crippen molar-refractivity contribution in [2.75, 3.05) is 27.9 Å². The van der Waals surface area contributed by atoms with Crippen molar-refractivity contribution in [1.82, 2.24) is 0 Å². The molecular weight excluding hydrogens is 631 g/mol.